The Hall–Kier alpha value is -4.73. The number of nitrogens with two attached hydrogens (primary N) is 1. The van der Waals surface area contributed by atoms with Crippen molar-refractivity contribution in [3.8, 4) is 34.1 Å². The first-order valence-electron chi connectivity index (χ1n) is 11.2. The number of nitrogens with one attached hydrogen (secondary N) is 1. The smallest absolute Gasteiger partial charge is 0.322 e. The molecular formula is C26H22FN7O2. The molecule has 3 heterocycles. The number of aryl methyl sites for hydroxylation is 1. The molecule has 1 aliphatic carbocycles. The van der Waals surface area contributed by atoms with E-state index in [1.54, 1.807) is 25.3 Å². The molecule has 1 fully saturated rings. The molecule has 0 atom stereocenters. The van der Waals surface area contributed by atoms with Crippen molar-refractivity contribution in [3.05, 3.63) is 85.0 Å². The van der Waals surface area contributed by atoms with Crippen LogP contribution in [0.5, 0.6) is 11.8 Å². The number of hydrogen-bond donors (Lipinski definition) is 2. The molecule has 0 spiro atoms. The lowest BCUT2D eigenvalue weighted by atomic mass is 9.99. The predicted octanol–water partition coefficient (Wildman–Crippen LogP) is 4.11. The molecule has 3 N–H and O–H groups in total. The Morgan fingerprint density at radius 1 is 1.14 bits per heavy atom. The fourth-order valence-corrected chi connectivity index (χ4v) is 3.89. The summed E-state index contributed by atoms with van der Waals surface area (Å²) < 4.78 is 20.5. The van der Waals surface area contributed by atoms with Crippen LogP contribution < -0.4 is 15.8 Å². The molecule has 0 radical (unpaired) electrons. The Kier molecular flexibility index (Phi) is 5.85. The van der Waals surface area contributed by atoms with Crippen molar-refractivity contribution in [1.82, 2.24) is 30.2 Å². The van der Waals surface area contributed by atoms with Crippen molar-refractivity contribution in [2.24, 2.45) is 0 Å². The quantitative estimate of drug-likeness (QED) is 0.376. The molecule has 1 aromatic carbocycles. The number of benzene rings is 1. The van der Waals surface area contributed by atoms with E-state index >= 15 is 0 Å². The number of aromatic nitrogens is 5. The van der Waals surface area contributed by atoms with E-state index in [0.717, 1.165) is 18.5 Å². The van der Waals surface area contributed by atoms with Gasteiger partial charge in [0, 0.05) is 23.7 Å². The van der Waals surface area contributed by atoms with Gasteiger partial charge in [-0.25, -0.2) is 24.3 Å². The third-order valence-electron chi connectivity index (χ3n) is 5.90. The van der Waals surface area contributed by atoms with Crippen molar-refractivity contribution in [3.63, 3.8) is 0 Å². The van der Waals surface area contributed by atoms with Crippen molar-refractivity contribution < 1.29 is 13.9 Å². The first-order valence-corrected chi connectivity index (χ1v) is 11.2. The summed E-state index contributed by atoms with van der Waals surface area (Å²) in [4.78, 5) is 33.0. The molecule has 1 saturated carbocycles. The lowest BCUT2D eigenvalue weighted by Gasteiger charge is -2.17. The summed E-state index contributed by atoms with van der Waals surface area (Å²) in [6.45, 7) is 5.29. The van der Waals surface area contributed by atoms with Gasteiger partial charge in [0.15, 0.2) is 11.6 Å². The van der Waals surface area contributed by atoms with Gasteiger partial charge >= 0.3 is 6.01 Å². The lowest BCUT2D eigenvalue weighted by Crippen LogP contribution is -2.34. The number of rotatable bonds is 7. The van der Waals surface area contributed by atoms with Gasteiger partial charge in [0.25, 0.3) is 0 Å². The Balaban J connectivity index is 1.46. The number of carbonyl (C=O) groups is 1. The maximum atomic E-state index is 15.0. The highest BCUT2D eigenvalue weighted by Crippen LogP contribution is 2.45. The van der Waals surface area contributed by atoms with Crippen LogP contribution in [0.25, 0.3) is 22.4 Å². The molecule has 10 heteroatoms. The first kappa shape index (κ1) is 23.0. The van der Waals surface area contributed by atoms with E-state index in [2.05, 4.69) is 36.8 Å². The third-order valence-corrected chi connectivity index (χ3v) is 5.90. The molecule has 0 unspecified atom stereocenters. The predicted molar refractivity (Wildman–Crippen MR) is 131 cm³/mol. The van der Waals surface area contributed by atoms with Crippen LogP contribution in [0.2, 0.25) is 0 Å². The fraction of sp³-hybridized carbons (Fsp3) is 0.154. The number of halogens is 1. The summed E-state index contributed by atoms with van der Waals surface area (Å²) in [7, 11) is 0. The Labute approximate surface area is 206 Å². The van der Waals surface area contributed by atoms with Gasteiger partial charge in [0.2, 0.25) is 5.91 Å². The van der Waals surface area contributed by atoms with E-state index in [9.17, 15) is 9.18 Å². The molecule has 0 aliphatic heterocycles. The van der Waals surface area contributed by atoms with Gasteiger partial charge in [-0.15, -0.1) is 0 Å². The van der Waals surface area contributed by atoms with Crippen LogP contribution in [-0.2, 0) is 10.3 Å². The zero-order valence-electron chi connectivity index (χ0n) is 19.4. The SMILES string of the molecule is C=CC(=O)NC1(c2ccc(-c3ncnc(N)c3-c3ccc(Oc4nccc(C)n4)c(F)c3)cn2)CC1. The van der Waals surface area contributed by atoms with E-state index in [1.165, 1.54) is 30.7 Å². The zero-order chi connectivity index (χ0) is 25.3. The van der Waals surface area contributed by atoms with Crippen LogP contribution >= 0.6 is 0 Å². The van der Waals surface area contributed by atoms with E-state index < -0.39 is 11.4 Å². The summed E-state index contributed by atoms with van der Waals surface area (Å²) >= 11 is 0. The van der Waals surface area contributed by atoms with E-state index in [0.29, 0.717) is 28.1 Å². The van der Waals surface area contributed by atoms with Gasteiger partial charge in [-0.1, -0.05) is 12.6 Å². The molecule has 0 saturated heterocycles. The highest BCUT2D eigenvalue weighted by Gasteiger charge is 2.46. The van der Waals surface area contributed by atoms with Gasteiger partial charge in [-0.05, 0) is 61.7 Å². The number of nitrogens with zero attached hydrogens (tertiary/aromatic N) is 5. The first-order chi connectivity index (χ1) is 17.4. The minimum absolute atomic E-state index is 0.0244. The zero-order valence-corrected chi connectivity index (χ0v) is 19.4. The number of hydrogen-bond acceptors (Lipinski definition) is 8. The molecule has 180 valence electrons. The van der Waals surface area contributed by atoms with Crippen LogP contribution in [0.15, 0.2) is 67.8 Å². The van der Waals surface area contributed by atoms with Crippen molar-refractivity contribution in [2.45, 2.75) is 25.3 Å². The standard InChI is InChI=1S/C26H22FN7O2/c1-3-21(35)34-26(9-10-26)20-7-5-17(13-30-20)23-22(24(28)32-14-31-23)16-4-6-19(18(27)12-16)36-25-29-11-8-15(2)33-25/h3-8,11-14H,1,9-10H2,2H3,(H,34,35)(H2,28,31,32). The maximum Gasteiger partial charge on any atom is 0.322 e. The minimum Gasteiger partial charge on any atom is -0.421 e. The van der Waals surface area contributed by atoms with E-state index in [4.69, 9.17) is 10.5 Å². The maximum absolute atomic E-state index is 15.0. The van der Waals surface area contributed by atoms with Gasteiger partial charge in [0.05, 0.1) is 22.5 Å². The number of amides is 1. The van der Waals surface area contributed by atoms with E-state index in [1.807, 2.05) is 12.1 Å². The molecule has 1 amide bonds. The molecular weight excluding hydrogens is 461 g/mol. The Bertz CT molecular complexity index is 1470. The summed E-state index contributed by atoms with van der Waals surface area (Å²) in [5.41, 5.74) is 9.27. The summed E-state index contributed by atoms with van der Waals surface area (Å²) in [6, 6.07) is 9.90. The summed E-state index contributed by atoms with van der Waals surface area (Å²) in [5.74, 6) is -0.693. The number of carbonyl (C=O) groups excluding carboxylic acids is 1. The Morgan fingerprint density at radius 3 is 2.61 bits per heavy atom. The number of ether oxygens (including phenoxy) is 1. The largest absolute Gasteiger partial charge is 0.421 e. The average Bonchev–Trinajstić information content (AvgIpc) is 3.66. The van der Waals surface area contributed by atoms with Gasteiger partial charge in [0.1, 0.15) is 12.1 Å². The molecule has 3 aromatic heterocycles. The van der Waals surface area contributed by atoms with Crippen LogP contribution in [0.1, 0.15) is 24.2 Å². The number of pyridine rings is 1. The minimum atomic E-state index is -0.617. The molecule has 0 bridgehead atoms. The monoisotopic (exact) mass is 483 g/mol. The average molecular weight is 484 g/mol. The number of anilines is 1. The Morgan fingerprint density at radius 2 is 1.94 bits per heavy atom. The van der Waals surface area contributed by atoms with Crippen molar-refractivity contribution in [2.75, 3.05) is 5.73 Å². The second-order valence-electron chi connectivity index (χ2n) is 8.42. The van der Waals surface area contributed by atoms with Gasteiger partial charge in [-0.3, -0.25) is 9.78 Å². The topological polar surface area (TPSA) is 129 Å². The molecule has 5 rings (SSSR count). The van der Waals surface area contributed by atoms with Crippen LogP contribution in [0.3, 0.4) is 0 Å². The van der Waals surface area contributed by atoms with Gasteiger partial charge in [-0.2, -0.15) is 0 Å². The van der Waals surface area contributed by atoms with Crippen molar-refractivity contribution in [1.29, 1.82) is 0 Å². The van der Waals surface area contributed by atoms with Crippen molar-refractivity contribution >= 4 is 11.7 Å². The lowest BCUT2D eigenvalue weighted by molar-refractivity contribution is -0.117. The number of nitrogen functional groups attached to an aromatic ring is 1. The second-order valence-corrected chi connectivity index (χ2v) is 8.42. The third kappa shape index (κ3) is 4.48. The fourth-order valence-electron chi connectivity index (χ4n) is 3.89. The highest BCUT2D eigenvalue weighted by atomic mass is 19.1. The summed E-state index contributed by atoms with van der Waals surface area (Å²) in [6.07, 6.45) is 7.38. The molecule has 4 aromatic rings. The van der Waals surface area contributed by atoms with Crippen LogP contribution in [-0.4, -0.2) is 30.8 Å². The molecule has 9 nitrogen and oxygen atoms in total. The molecule has 1 aliphatic rings. The molecule has 36 heavy (non-hydrogen) atoms. The van der Waals surface area contributed by atoms with Crippen LogP contribution in [0.4, 0.5) is 10.2 Å². The van der Waals surface area contributed by atoms with Crippen LogP contribution in [0, 0.1) is 12.7 Å². The second kappa shape index (κ2) is 9.14. The van der Waals surface area contributed by atoms with E-state index in [-0.39, 0.29) is 23.5 Å². The summed E-state index contributed by atoms with van der Waals surface area (Å²) in [5, 5.41) is 2.94. The highest BCUT2D eigenvalue weighted by molar-refractivity contribution is 5.88. The van der Waals surface area contributed by atoms with Gasteiger partial charge < -0.3 is 15.8 Å². The normalized spacial score (nSPS) is 13.6.